The lowest BCUT2D eigenvalue weighted by Crippen LogP contribution is -2.30. The first kappa shape index (κ1) is 18.5. The van der Waals surface area contributed by atoms with E-state index in [0.29, 0.717) is 12.5 Å². The van der Waals surface area contributed by atoms with E-state index in [1.54, 1.807) is 7.11 Å². The van der Waals surface area contributed by atoms with Crippen LogP contribution in [0.1, 0.15) is 37.5 Å². The van der Waals surface area contributed by atoms with Crippen molar-refractivity contribution >= 4 is 0 Å². The van der Waals surface area contributed by atoms with Crippen molar-refractivity contribution in [2.45, 2.75) is 32.9 Å². The Morgan fingerprint density at radius 3 is 2.46 bits per heavy atom. The van der Waals surface area contributed by atoms with Crippen LogP contribution in [0.5, 0.6) is 5.75 Å². The Hall–Kier alpha value is -1.84. The van der Waals surface area contributed by atoms with Crippen LogP contribution in [0.3, 0.4) is 0 Å². The molecule has 2 aromatic rings. The first-order valence-corrected chi connectivity index (χ1v) is 8.66. The summed E-state index contributed by atoms with van der Waals surface area (Å²) < 4.78 is 5.32. The summed E-state index contributed by atoms with van der Waals surface area (Å²) in [6.07, 6.45) is 0.648. The van der Waals surface area contributed by atoms with E-state index in [9.17, 15) is 5.11 Å². The highest BCUT2D eigenvalue weighted by Crippen LogP contribution is 2.19. The quantitative estimate of drug-likeness (QED) is 0.746. The van der Waals surface area contributed by atoms with Gasteiger partial charge in [-0.25, -0.2) is 0 Å². The topological polar surface area (TPSA) is 32.7 Å². The molecule has 0 saturated heterocycles. The van der Waals surface area contributed by atoms with Crippen molar-refractivity contribution < 1.29 is 9.84 Å². The molecule has 1 atom stereocenters. The molecule has 0 amide bonds. The maximum Gasteiger partial charge on any atom is 0.119 e. The van der Waals surface area contributed by atoms with Gasteiger partial charge in [-0.15, -0.1) is 0 Å². The minimum absolute atomic E-state index is 0.469. The highest BCUT2D eigenvalue weighted by atomic mass is 16.5. The van der Waals surface area contributed by atoms with Gasteiger partial charge in [-0.3, -0.25) is 4.90 Å². The summed E-state index contributed by atoms with van der Waals surface area (Å²) in [6.45, 7) is 6.88. The summed E-state index contributed by atoms with van der Waals surface area (Å²) in [4.78, 5) is 2.33. The second-order valence-corrected chi connectivity index (χ2v) is 6.70. The normalized spacial score (nSPS) is 12.6. The van der Waals surface area contributed by atoms with E-state index in [0.717, 1.165) is 30.8 Å². The van der Waals surface area contributed by atoms with Gasteiger partial charge < -0.3 is 9.84 Å². The molecule has 130 valence electrons. The van der Waals surface area contributed by atoms with Crippen molar-refractivity contribution in [3.8, 4) is 5.75 Å². The smallest absolute Gasteiger partial charge is 0.119 e. The van der Waals surface area contributed by atoms with Gasteiger partial charge in [0.25, 0.3) is 0 Å². The van der Waals surface area contributed by atoms with Gasteiger partial charge in [-0.1, -0.05) is 56.3 Å². The van der Waals surface area contributed by atoms with Gasteiger partial charge in [-0.2, -0.15) is 0 Å². The summed E-state index contributed by atoms with van der Waals surface area (Å²) in [7, 11) is 1.69. The number of nitrogens with zero attached hydrogens (tertiary/aromatic N) is 1. The molecule has 2 aromatic carbocycles. The fourth-order valence-electron chi connectivity index (χ4n) is 2.73. The third-order valence-corrected chi connectivity index (χ3v) is 4.18. The number of hydrogen-bond acceptors (Lipinski definition) is 3. The predicted octanol–water partition coefficient (Wildman–Crippen LogP) is 4.28. The molecule has 3 heteroatoms. The Balaban J connectivity index is 2.05. The number of methoxy groups -OCH3 is 1. The monoisotopic (exact) mass is 327 g/mol. The fraction of sp³-hybridized carbons (Fsp3) is 0.429. The van der Waals surface area contributed by atoms with Gasteiger partial charge in [-0.05, 0) is 42.1 Å². The Kier molecular flexibility index (Phi) is 7.29. The summed E-state index contributed by atoms with van der Waals surface area (Å²) in [5.41, 5.74) is 2.18. The molecule has 0 aromatic heterocycles. The van der Waals surface area contributed by atoms with Crippen LogP contribution in [-0.2, 0) is 6.54 Å². The van der Waals surface area contributed by atoms with E-state index in [4.69, 9.17) is 4.74 Å². The van der Waals surface area contributed by atoms with Crippen LogP contribution in [0.25, 0.3) is 0 Å². The van der Waals surface area contributed by atoms with Crippen LogP contribution in [0.4, 0.5) is 0 Å². The Labute approximate surface area is 145 Å². The lowest BCUT2D eigenvalue weighted by molar-refractivity contribution is 0.106. The highest BCUT2D eigenvalue weighted by Gasteiger charge is 2.14. The van der Waals surface area contributed by atoms with Gasteiger partial charge in [0.1, 0.15) is 5.75 Å². The van der Waals surface area contributed by atoms with Crippen molar-refractivity contribution in [2.75, 3.05) is 20.2 Å². The summed E-state index contributed by atoms with van der Waals surface area (Å²) >= 11 is 0. The van der Waals surface area contributed by atoms with E-state index in [1.165, 1.54) is 5.56 Å². The van der Waals surface area contributed by atoms with Crippen molar-refractivity contribution in [2.24, 2.45) is 5.92 Å². The first-order valence-electron chi connectivity index (χ1n) is 8.66. The van der Waals surface area contributed by atoms with E-state index in [2.05, 4.69) is 30.9 Å². The molecule has 0 radical (unpaired) electrons. The van der Waals surface area contributed by atoms with Crippen molar-refractivity contribution in [1.29, 1.82) is 0 Å². The summed E-state index contributed by atoms with van der Waals surface area (Å²) in [6, 6.07) is 18.0. The molecular weight excluding hydrogens is 298 g/mol. The van der Waals surface area contributed by atoms with Crippen molar-refractivity contribution in [3.05, 3.63) is 65.7 Å². The molecule has 0 bridgehead atoms. The van der Waals surface area contributed by atoms with E-state index < -0.39 is 6.10 Å². The number of benzene rings is 2. The lowest BCUT2D eigenvalue weighted by atomic mass is 10.1. The summed E-state index contributed by atoms with van der Waals surface area (Å²) in [5, 5.41) is 10.6. The minimum Gasteiger partial charge on any atom is -0.497 e. The molecule has 3 nitrogen and oxygen atoms in total. The number of aliphatic hydroxyl groups excluding tert-OH is 1. The molecule has 0 aliphatic rings. The van der Waals surface area contributed by atoms with E-state index in [-0.39, 0.29) is 0 Å². The molecule has 1 N–H and O–H groups in total. The van der Waals surface area contributed by atoms with Gasteiger partial charge >= 0.3 is 0 Å². The zero-order chi connectivity index (χ0) is 17.4. The molecular formula is C21H29NO2. The standard InChI is InChI=1S/C21H29NO2/c1-17(2)12-13-22(15-18-8-7-11-20(14-18)24-3)16-21(23)19-9-5-4-6-10-19/h4-11,14,17,21,23H,12-13,15-16H2,1-3H3. The molecule has 0 aliphatic carbocycles. The first-order chi connectivity index (χ1) is 11.6. The fourth-order valence-corrected chi connectivity index (χ4v) is 2.73. The third kappa shape index (κ3) is 5.99. The molecule has 24 heavy (non-hydrogen) atoms. The number of hydrogen-bond donors (Lipinski definition) is 1. The zero-order valence-corrected chi connectivity index (χ0v) is 15.0. The van der Waals surface area contributed by atoms with Crippen molar-refractivity contribution in [3.63, 3.8) is 0 Å². The van der Waals surface area contributed by atoms with Gasteiger partial charge in [0.2, 0.25) is 0 Å². The molecule has 2 rings (SSSR count). The lowest BCUT2D eigenvalue weighted by Gasteiger charge is -2.26. The maximum absolute atomic E-state index is 10.6. The second-order valence-electron chi connectivity index (χ2n) is 6.70. The Bertz CT molecular complexity index is 598. The molecule has 0 fully saturated rings. The van der Waals surface area contributed by atoms with Crippen LogP contribution in [0, 0.1) is 5.92 Å². The predicted molar refractivity (Wildman–Crippen MR) is 99.1 cm³/mol. The number of aliphatic hydroxyl groups is 1. The van der Waals surface area contributed by atoms with Crippen LogP contribution in [-0.4, -0.2) is 30.2 Å². The summed E-state index contributed by atoms with van der Waals surface area (Å²) in [5.74, 6) is 1.52. The largest absolute Gasteiger partial charge is 0.497 e. The van der Waals surface area contributed by atoms with Crippen molar-refractivity contribution in [1.82, 2.24) is 4.90 Å². The average molecular weight is 327 g/mol. The molecule has 0 aliphatic heterocycles. The third-order valence-electron chi connectivity index (χ3n) is 4.18. The van der Waals surface area contributed by atoms with Gasteiger partial charge in [0.15, 0.2) is 0 Å². The second kappa shape index (κ2) is 9.45. The molecule has 0 heterocycles. The number of rotatable bonds is 9. The molecule has 0 spiro atoms. The Morgan fingerprint density at radius 2 is 1.79 bits per heavy atom. The highest BCUT2D eigenvalue weighted by molar-refractivity contribution is 5.28. The number of ether oxygens (including phenoxy) is 1. The van der Waals surface area contributed by atoms with Gasteiger partial charge in [0, 0.05) is 13.1 Å². The zero-order valence-electron chi connectivity index (χ0n) is 15.0. The maximum atomic E-state index is 10.6. The Morgan fingerprint density at radius 1 is 1.04 bits per heavy atom. The van der Waals surface area contributed by atoms with Crippen LogP contribution >= 0.6 is 0 Å². The van der Waals surface area contributed by atoms with Crippen LogP contribution < -0.4 is 4.74 Å². The van der Waals surface area contributed by atoms with E-state index >= 15 is 0 Å². The van der Waals surface area contributed by atoms with Crippen LogP contribution in [0.2, 0.25) is 0 Å². The van der Waals surface area contributed by atoms with Crippen LogP contribution in [0.15, 0.2) is 54.6 Å². The molecule has 1 unspecified atom stereocenters. The van der Waals surface area contributed by atoms with Gasteiger partial charge in [0.05, 0.1) is 13.2 Å². The average Bonchev–Trinajstić information content (AvgIpc) is 2.60. The van der Waals surface area contributed by atoms with E-state index in [1.807, 2.05) is 42.5 Å². The SMILES string of the molecule is COc1cccc(CN(CCC(C)C)CC(O)c2ccccc2)c1. The molecule has 0 saturated carbocycles. The minimum atomic E-state index is -0.469.